The number of hydrogen-bond acceptors (Lipinski definition) is 6. The minimum atomic E-state index is -1.68. The molecule has 1 rings (SSSR count). The molecular formula is C15H29BN4O5. The monoisotopic (exact) mass is 356 g/mol. The standard InChI is InChI=1S/C15H29BN4O5/c1-8(2)12(16(24)25)19-14(22)11-6-5-7-20(11)15(23)10(4)18-13(21)9(3)17/h8-12,24-25H,5-7,17H2,1-4H3,(H,18,21)(H,19,22). The Hall–Kier alpha value is -1.65. The molecule has 4 unspecified atom stereocenters. The van der Waals surface area contributed by atoms with Crippen LogP contribution in [0.4, 0.5) is 0 Å². The van der Waals surface area contributed by atoms with Crippen LogP contribution in [0.2, 0.25) is 0 Å². The summed E-state index contributed by atoms with van der Waals surface area (Å²) in [5, 5.41) is 23.9. The van der Waals surface area contributed by atoms with Crippen molar-refractivity contribution >= 4 is 24.8 Å². The molecule has 10 heteroatoms. The van der Waals surface area contributed by atoms with Gasteiger partial charge in [-0.1, -0.05) is 13.8 Å². The summed E-state index contributed by atoms with van der Waals surface area (Å²) in [6.07, 6.45) is 1.14. The van der Waals surface area contributed by atoms with Crippen molar-refractivity contribution in [1.82, 2.24) is 15.5 Å². The fraction of sp³-hybridized carbons (Fsp3) is 0.800. The van der Waals surface area contributed by atoms with Crippen LogP contribution >= 0.6 is 0 Å². The van der Waals surface area contributed by atoms with Gasteiger partial charge in [0.2, 0.25) is 17.7 Å². The van der Waals surface area contributed by atoms with Crippen LogP contribution in [0.1, 0.15) is 40.5 Å². The highest BCUT2D eigenvalue weighted by molar-refractivity contribution is 6.43. The van der Waals surface area contributed by atoms with E-state index in [0.29, 0.717) is 19.4 Å². The van der Waals surface area contributed by atoms with Crippen LogP contribution in [0.25, 0.3) is 0 Å². The van der Waals surface area contributed by atoms with E-state index in [1.54, 1.807) is 20.8 Å². The van der Waals surface area contributed by atoms with E-state index in [0.717, 1.165) is 0 Å². The zero-order chi connectivity index (χ0) is 19.3. The van der Waals surface area contributed by atoms with E-state index >= 15 is 0 Å². The number of nitrogens with one attached hydrogen (secondary N) is 2. The van der Waals surface area contributed by atoms with E-state index in [-0.39, 0.29) is 11.8 Å². The van der Waals surface area contributed by atoms with Gasteiger partial charge in [-0.3, -0.25) is 14.4 Å². The van der Waals surface area contributed by atoms with Gasteiger partial charge in [-0.15, -0.1) is 0 Å². The van der Waals surface area contributed by atoms with Crippen LogP contribution in [-0.2, 0) is 14.4 Å². The van der Waals surface area contributed by atoms with Crippen molar-refractivity contribution in [2.24, 2.45) is 11.7 Å². The number of amides is 3. The molecule has 142 valence electrons. The summed E-state index contributed by atoms with van der Waals surface area (Å²) >= 11 is 0. The summed E-state index contributed by atoms with van der Waals surface area (Å²) in [5.41, 5.74) is 5.48. The topological polar surface area (TPSA) is 145 Å². The number of rotatable bonds is 7. The molecule has 0 aromatic rings. The molecule has 1 saturated heterocycles. The minimum absolute atomic E-state index is 0.182. The maximum absolute atomic E-state index is 12.6. The highest BCUT2D eigenvalue weighted by atomic mass is 16.4. The summed E-state index contributed by atoms with van der Waals surface area (Å²) < 4.78 is 0. The number of carbonyl (C=O) groups is 3. The summed E-state index contributed by atoms with van der Waals surface area (Å²) in [6, 6.07) is -2.22. The summed E-state index contributed by atoms with van der Waals surface area (Å²) in [7, 11) is -1.68. The van der Waals surface area contributed by atoms with E-state index in [2.05, 4.69) is 10.6 Å². The van der Waals surface area contributed by atoms with E-state index in [4.69, 9.17) is 5.73 Å². The maximum atomic E-state index is 12.6. The first-order chi connectivity index (χ1) is 11.6. The Morgan fingerprint density at radius 3 is 2.24 bits per heavy atom. The third-order valence-electron chi connectivity index (χ3n) is 4.33. The van der Waals surface area contributed by atoms with Gasteiger partial charge < -0.3 is 31.3 Å². The first-order valence-electron chi connectivity index (χ1n) is 8.59. The fourth-order valence-electron chi connectivity index (χ4n) is 2.80. The predicted molar refractivity (Wildman–Crippen MR) is 92.9 cm³/mol. The third kappa shape index (κ3) is 5.69. The van der Waals surface area contributed by atoms with Crippen LogP contribution < -0.4 is 16.4 Å². The SMILES string of the molecule is CC(N)C(=O)NC(C)C(=O)N1CCCC1C(=O)NC(B(O)O)C(C)C. The molecule has 0 aliphatic carbocycles. The van der Waals surface area contributed by atoms with E-state index in [9.17, 15) is 24.4 Å². The first kappa shape index (κ1) is 21.4. The van der Waals surface area contributed by atoms with Gasteiger partial charge in [0.25, 0.3) is 0 Å². The zero-order valence-corrected chi connectivity index (χ0v) is 15.2. The van der Waals surface area contributed by atoms with E-state index < -0.39 is 43.0 Å². The van der Waals surface area contributed by atoms with Gasteiger partial charge in [0.05, 0.1) is 12.0 Å². The van der Waals surface area contributed by atoms with Crippen molar-refractivity contribution in [3.05, 3.63) is 0 Å². The lowest BCUT2D eigenvalue weighted by atomic mass is 9.73. The average Bonchev–Trinajstić information content (AvgIpc) is 3.00. The summed E-state index contributed by atoms with van der Waals surface area (Å²) in [5.74, 6) is -2.23. The van der Waals surface area contributed by atoms with Crippen LogP contribution in [-0.4, -0.2) is 70.4 Å². The Morgan fingerprint density at radius 1 is 1.16 bits per heavy atom. The molecule has 0 saturated carbocycles. The average molecular weight is 356 g/mol. The van der Waals surface area contributed by atoms with Gasteiger partial charge in [-0.25, -0.2) is 0 Å². The molecule has 6 N–H and O–H groups in total. The Morgan fingerprint density at radius 2 is 1.76 bits per heavy atom. The smallest absolute Gasteiger partial charge is 0.426 e. The third-order valence-corrected chi connectivity index (χ3v) is 4.33. The van der Waals surface area contributed by atoms with Crippen molar-refractivity contribution in [1.29, 1.82) is 0 Å². The molecular weight excluding hydrogens is 327 g/mol. The number of likely N-dealkylation sites (tertiary alicyclic amines) is 1. The van der Waals surface area contributed by atoms with E-state index in [1.165, 1.54) is 11.8 Å². The Balaban J connectivity index is 2.76. The number of nitrogens with two attached hydrogens (primary N) is 1. The van der Waals surface area contributed by atoms with Crippen LogP contribution in [0.15, 0.2) is 0 Å². The fourth-order valence-corrected chi connectivity index (χ4v) is 2.80. The molecule has 0 aromatic heterocycles. The summed E-state index contributed by atoms with van der Waals surface area (Å²) in [4.78, 5) is 38.1. The predicted octanol–water partition coefficient (Wildman–Crippen LogP) is -2.02. The Bertz CT molecular complexity index is 492. The second kappa shape index (κ2) is 9.16. The molecule has 0 aromatic carbocycles. The highest BCUT2D eigenvalue weighted by Gasteiger charge is 2.38. The molecule has 1 aliphatic rings. The van der Waals surface area contributed by atoms with Gasteiger partial charge in [0, 0.05) is 6.54 Å². The van der Waals surface area contributed by atoms with Gasteiger partial charge >= 0.3 is 7.12 Å². The molecule has 4 atom stereocenters. The largest absolute Gasteiger partial charge is 0.475 e. The molecule has 0 radical (unpaired) electrons. The molecule has 0 bridgehead atoms. The van der Waals surface area contributed by atoms with Crippen molar-refractivity contribution in [3.63, 3.8) is 0 Å². The van der Waals surface area contributed by atoms with Crippen LogP contribution in [0, 0.1) is 5.92 Å². The van der Waals surface area contributed by atoms with Crippen molar-refractivity contribution < 1.29 is 24.4 Å². The number of nitrogens with zero attached hydrogens (tertiary/aromatic N) is 1. The second-order valence-electron chi connectivity index (χ2n) is 6.90. The lowest BCUT2D eigenvalue weighted by Gasteiger charge is -2.29. The van der Waals surface area contributed by atoms with Gasteiger partial charge in [0.15, 0.2) is 0 Å². The lowest BCUT2D eigenvalue weighted by molar-refractivity contribution is -0.141. The molecule has 1 heterocycles. The number of carbonyl (C=O) groups excluding carboxylic acids is 3. The van der Waals surface area contributed by atoms with Crippen molar-refractivity contribution in [3.8, 4) is 0 Å². The molecule has 1 fully saturated rings. The minimum Gasteiger partial charge on any atom is -0.426 e. The highest BCUT2D eigenvalue weighted by Crippen LogP contribution is 2.19. The van der Waals surface area contributed by atoms with Gasteiger partial charge in [0.1, 0.15) is 12.1 Å². The van der Waals surface area contributed by atoms with Gasteiger partial charge in [-0.05, 0) is 32.6 Å². The molecule has 25 heavy (non-hydrogen) atoms. The van der Waals surface area contributed by atoms with Crippen LogP contribution in [0.3, 0.4) is 0 Å². The first-order valence-corrected chi connectivity index (χ1v) is 8.59. The normalized spacial score (nSPS) is 20.8. The van der Waals surface area contributed by atoms with Crippen LogP contribution in [0.5, 0.6) is 0 Å². The Labute approximate surface area is 148 Å². The van der Waals surface area contributed by atoms with Gasteiger partial charge in [-0.2, -0.15) is 0 Å². The van der Waals surface area contributed by atoms with Crippen molar-refractivity contribution in [2.75, 3.05) is 6.54 Å². The zero-order valence-electron chi connectivity index (χ0n) is 15.2. The second-order valence-corrected chi connectivity index (χ2v) is 6.90. The number of hydrogen-bond donors (Lipinski definition) is 5. The molecule has 0 spiro atoms. The quantitative estimate of drug-likeness (QED) is 0.333. The maximum Gasteiger partial charge on any atom is 0.475 e. The van der Waals surface area contributed by atoms with E-state index in [1.807, 2.05) is 0 Å². The van der Waals surface area contributed by atoms with Crippen molar-refractivity contribution in [2.45, 2.75) is 64.6 Å². The molecule has 1 aliphatic heterocycles. The molecule has 9 nitrogen and oxygen atoms in total. The summed E-state index contributed by atoms with van der Waals surface area (Å²) in [6.45, 7) is 6.99. The molecule has 3 amide bonds. The lowest BCUT2D eigenvalue weighted by Crippen LogP contribution is -2.57. The Kier molecular flexibility index (Phi) is 7.84.